The van der Waals surface area contributed by atoms with E-state index in [9.17, 15) is 0 Å². The van der Waals surface area contributed by atoms with Crippen LogP contribution < -0.4 is 12.4 Å². The van der Waals surface area contributed by atoms with E-state index in [0.717, 1.165) is 44.8 Å². The Labute approximate surface area is 166 Å². The van der Waals surface area contributed by atoms with Gasteiger partial charge >= 0.3 is 65.3 Å². The zero-order valence-corrected chi connectivity index (χ0v) is 21.0. The van der Waals surface area contributed by atoms with Gasteiger partial charge < -0.3 is 12.4 Å². The van der Waals surface area contributed by atoms with Crippen LogP contribution in [0, 0.1) is 29.6 Å². The minimum Gasteiger partial charge on any atom is -1.00 e. The molecule has 0 aliphatic heterocycles. The van der Waals surface area contributed by atoms with Gasteiger partial charge in [-0.3, -0.25) is 0 Å². The van der Waals surface area contributed by atoms with Crippen LogP contribution in [0.5, 0.6) is 0 Å². The molecule has 0 rings (SSSR count). The summed E-state index contributed by atoms with van der Waals surface area (Å²) in [5.41, 5.74) is 0. The summed E-state index contributed by atoms with van der Waals surface area (Å²) >= 11 is 0.347. The molecule has 0 spiro atoms. The summed E-state index contributed by atoms with van der Waals surface area (Å²) in [6, 6.07) is 0. The Bertz CT molecular complexity index is 194. The summed E-state index contributed by atoms with van der Waals surface area (Å²) in [6.07, 6.45) is 0. The van der Waals surface area contributed by atoms with Gasteiger partial charge in [0.2, 0.25) is 0 Å². The van der Waals surface area contributed by atoms with E-state index in [2.05, 4.69) is 69.2 Å². The molecule has 0 atom stereocenters. The summed E-state index contributed by atoms with van der Waals surface area (Å²) in [5.74, 6) is 4.63. The summed E-state index contributed by atoms with van der Waals surface area (Å²) in [5, 5.41) is 7.62. The molecule has 0 N–H and O–H groups in total. The summed E-state index contributed by atoms with van der Waals surface area (Å²) < 4.78 is 0. The fourth-order valence-corrected chi connectivity index (χ4v) is 9.15. The fourth-order valence-electron chi connectivity index (χ4n) is 3.05. The van der Waals surface area contributed by atoms with E-state index in [0.29, 0.717) is 0 Å². The normalized spacial score (nSPS) is 10.7. The van der Waals surface area contributed by atoms with Gasteiger partial charge in [-0.15, -0.1) is 0 Å². The molecule has 0 radical (unpaired) electrons. The number of halogens is 1. The Morgan fingerprint density at radius 2 is 0.783 bits per heavy atom. The third-order valence-electron chi connectivity index (χ3n) is 3.69. The van der Waals surface area contributed by atoms with E-state index in [1.807, 2.05) is 0 Å². The van der Waals surface area contributed by atoms with Crippen molar-refractivity contribution in [3.63, 3.8) is 0 Å². The third kappa shape index (κ3) is 28.4. The molecular formula is C20H45Al2Cl. The molecule has 23 heavy (non-hydrogen) atoms. The predicted octanol–water partition coefficient (Wildman–Crippen LogP) is 4.29. The molecule has 0 nitrogen and oxygen atoms in total. The van der Waals surface area contributed by atoms with Crippen LogP contribution in [0.25, 0.3) is 0 Å². The summed E-state index contributed by atoms with van der Waals surface area (Å²) in [6.45, 7) is 23.5. The molecule has 0 aliphatic carbocycles. The van der Waals surface area contributed by atoms with Crippen molar-refractivity contribution < 1.29 is 12.4 Å². The molecule has 138 valence electrons. The first-order valence-corrected chi connectivity index (χ1v) is 13.9. The van der Waals surface area contributed by atoms with Crippen LogP contribution in [-0.4, -0.2) is 29.4 Å². The average molecular weight is 375 g/mol. The summed E-state index contributed by atoms with van der Waals surface area (Å²) in [4.78, 5) is 0. The first-order valence-electron chi connectivity index (χ1n) is 9.86. The van der Waals surface area contributed by atoms with Crippen LogP contribution in [-0.2, 0) is 0 Å². The predicted molar refractivity (Wildman–Crippen MR) is 110 cm³/mol. The molecule has 0 aromatic heterocycles. The van der Waals surface area contributed by atoms with Crippen molar-refractivity contribution in [2.75, 3.05) is 0 Å². The fraction of sp³-hybridized carbons (Fsp3) is 1.00. The Morgan fingerprint density at radius 1 is 0.522 bits per heavy atom. The van der Waals surface area contributed by atoms with Gasteiger partial charge in [0.25, 0.3) is 14.1 Å². The molecule has 0 saturated heterocycles. The van der Waals surface area contributed by atoms with E-state index in [1.165, 1.54) is 10.6 Å². The first-order chi connectivity index (χ1) is 10.0. The van der Waals surface area contributed by atoms with E-state index in [4.69, 9.17) is 0 Å². The van der Waals surface area contributed by atoms with Crippen molar-refractivity contribution in [3.05, 3.63) is 0 Å². The van der Waals surface area contributed by atoms with Crippen molar-refractivity contribution in [3.8, 4) is 0 Å². The Kier molecular flexibility index (Phi) is 23.0. The van der Waals surface area contributed by atoms with Crippen LogP contribution in [0.3, 0.4) is 0 Å². The second-order valence-corrected chi connectivity index (χ2v) is 14.0. The standard InChI is InChI=1S/5C4H9.2Al.ClH/c5*1-4(2)3;;;/h5*4H,1H2,2-3H3;;;1H/q;;;;;;+1;/p-1. The molecule has 0 saturated carbocycles. The molecule has 0 amide bonds. The molecule has 0 bridgehead atoms. The van der Waals surface area contributed by atoms with Gasteiger partial charge in [0.15, 0.2) is 0 Å². The number of hydrogen-bond acceptors (Lipinski definition) is 0. The monoisotopic (exact) mass is 374 g/mol. The van der Waals surface area contributed by atoms with Crippen molar-refractivity contribution in [2.45, 2.75) is 95.7 Å². The van der Waals surface area contributed by atoms with E-state index in [-0.39, 0.29) is 12.4 Å². The quantitative estimate of drug-likeness (QED) is 0.500. The average Bonchev–Trinajstić information content (AvgIpc) is 2.25. The zero-order chi connectivity index (χ0) is 17.7. The maximum absolute atomic E-state index is 2.38. The molecule has 0 aliphatic rings. The van der Waals surface area contributed by atoms with Gasteiger partial charge in [-0.2, -0.15) is 0 Å². The van der Waals surface area contributed by atoms with Gasteiger partial charge in [-0.25, -0.2) is 0 Å². The molecule has 0 aromatic carbocycles. The van der Waals surface area contributed by atoms with Gasteiger partial charge in [0.1, 0.15) is 0 Å². The Morgan fingerprint density at radius 3 is 0.957 bits per heavy atom. The molecule has 0 heterocycles. The topological polar surface area (TPSA) is 0 Å². The Hall–Kier alpha value is 1.35. The van der Waals surface area contributed by atoms with Crippen molar-refractivity contribution in [1.82, 2.24) is 0 Å². The number of hydrogen-bond donors (Lipinski definition) is 0. The van der Waals surface area contributed by atoms with Crippen molar-refractivity contribution >= 4 is 29.4 Å². The second kappa shape index (κ2) is 18.2. The largest absolute Gasteiger partial charge is 1.00 e. The van der Waals surface area contributed by atoms with Gasteiger partial charge in [-0.1, -0.05) is 75.1 Å². The molecule has 0 fully saturated rings. The van der Waals surface area contributed by atoms with Crippen molar-refractivity contribution in [1.29, 1.82) is 0 Å². The maximum Gasteiger partial charge on any atom is 0.262 e. The van der Waals surface area contributed by atoms with E-state index < -0.39 is 14.1 Å². The van der Waals surface area contributed by atoms with Crippen LogP contribution in [0.1, 0.15) is 69.2 Å². The van der Waals surface area contributed by atoms with E-state index in [1.54, 1.807) is 15.8 Å². The number of rotatable bonds is 10. The molecule has 0 unspecified atom stereocenters. The zero-order valence-electron chi connectivity index (χ0n) is 18.0. The van der Waals surface area contributed by atoms with Gasteiger partial charge in [0, 0.05) is 0 Å². The molecule has 0 aromatic rings. The smallest absolute Gasteiger partial charge is 0.262 e. The molecule has 3 heteroatoms. The van der Waals surface area contributed by atoms with Gasteiger partial charge in [0.05, 0.1) is 0 Å². The SMILES string of the molecule is CC(C)[CH2][Al+][CH2]C(C)C.CC(C)[CH2][Al]([CH2]C(C)C)[CH2]C(C)C.[Cl-]. The van der Waals surface area contributed by atoms with E-state index >= 15 is 0 Å². The van der Waals surface area contributed by atoms with Crippen LogP contribution >= 0.6 is 0 Å². The third-order valence-corrected chi connectivity index (χ3v) is 11.1. The van der Waals surface area contributed by atoms with Gasteiger partial charge in [-0.05, 0) is 0 Å². The minimum atomic E-state index is -0.407. The summed E-state index contributed by atoms with van der Waals surface area (Å²) in [7, 11) is 0. The second-order valence-electron chi connectivity index (χ2n) is 9.30. The minimum absolute atomic E-state index is 0. The van der Waals surface area contributed by atoms with Crippen LogP contribution in [0.4, 0.5) is 0 Å². The Balaban J connectivity index is -0.000000354. The van der Waals surface area contributed by atoms with Crippen LogP contribution in [0.2, 0.25) is 26.4 Å². The maximum atomic E-state index is 2.38. The van der Waals surface area contributed by atoms with Crippen molar-refractivity contribution in [2.24, 2.45) is 29.6 Å². The van der Waals surface area contributed by atoms with Crippen LogP contribution in [0.15, 0.2) is 0 Å². The molecular weight excluding hydrogens is 330 g/mol. The first kappa shape index (κ1) is 29.1.